The van der Waals surface area contributed by atoms with E-state index < -0.39 is 0 Å². The van der Waals surface area contributed by atoms with Crippen molar-refractivity contribution in [1.29, 1.82) is 0 Å². The van der Waals surface area contributed by atoms with E-state index in [0.717, 1.165) is 6.54 Å². The summed E-state index contributed by atoms with van der Waals surface area (Å²) in [6.45, 7) is 3.24. The van der Waals surface area contributed by atoms with Gasteiger partial charge in [0.2, 0.25) is 0 Å². The molecule has 1 amide bonds. The second-order valence-electron chi connectivity index (χ2n) is 6.19. The molecule has 2 saturated heterocycles. The van der Waals surface area contributed by atoms with Gasteiger partial charge in [-0.05, 0) is 56.8 Å². The van der Waals surface area contributed by atoms with Crippen molar-refractivity contribution in [3.63, 3.8) is 0 Å². The Morgan fingerprint density at radius 3 is 2.86 bits per heavy atom. The van der Waals surface area contributed by atoms with Gasteiger partial charge in [-0.15, -0.1) is 0 Å². The van der Waals surface area contributed by atoms with E-state index in [1.807, 2.05) is 12.1 Å². The lowest BCUT2D eigenvalue weighted by molar-refractivity contribution is 0.0575. The van der Waals surface area contributed by atoms with E-state index in [4.69, 9.17) is 11.6 Å². The van der Waals surface area contributed by atoms with Crippen LogP contribution in [-0.4, -0.2) is 36.5 Å². The summed E-state index contributed by atoms with van der Waals surface area (Å²) < 4.78 is 0. The fourth-order valence-electron chi connectivity index (χ4n) is 3.78. The van der Waals surface area contributed by atoms with E-state index in [2.05, 4.69) is 10.2 Å². The first kappa shape index (κ1) is 14.9. The lowest BCUT2D eigenvalue weighted by atomic mass is 9.83. The van der Waals surface area contributed by atoms with Crippen LogP contribution in [0.25, 0.3) is 0 Å². The minimum Gasteiger partial charge on any atom is -0.352 e. The maximum atomic E-state index is 12.3. The molecule has 3 nitrogen and oxygen atoms in total. The van der Waals surface area contributed by atoms with Gasteiger partial charge in [-0.1, -0.05) is 30.2 Å². The van der Waals surface area contributed by atoms with Crippen molar-refractivity contribution in [3.05, 3.63) is 34.9 Å². The third-order valence-electron chi connectivity index (χ3n) is 4.87. The van der Waals surface area contributed by atoms with Crippen LogP contribution in [0.4, 0.5) is 0 Å². The van der Waals surface area contributed by atoms with Gasteiger partial charge in [-0.2, -0.15) is 0 Å². The zero-order chi connectivity index (χ0) is 14.7. The largest absolute Gasteiger partial charge is 0.352 e. The van der Waals surface area contributed by atoms with E-state index in [1.165, 1.54) is 45.2 Å². The number of nitrogens with zero attached hydrogens (tertiary/aromatic N) is 1. The Balaban J connectivity index is 1.59. The quantitative estimate of drug-likeness (QED) is 0.929. The lowest BCUT2D eigenvalue weighted by Crippen LogP contribution is -2.51. The van der Waals surface area contributed by atoms with Crippen molar-refractivity contribution in [2.24, 2.45) is 5.92 Å². The number of hydrogen-bond acceptors (Lipinski definition) is 2. The number of hydrogen-bond donors (Lipinski definition) is 1. The Bertz CT molecular complexity index is 503. The van der Waals surface area contributed by atoms with Crippen LogP contribution >= 0.6 is 11.6 Å². The maximum Gasteiger partial charge on any atom is 0.252 e. The van der Waals surface area contributed by atoms with Crippen LogP contribution in [0.5, 0.6) is 0 Å². The number of nitrogens with one attached hydrogen (secondary N) is 1. The molecular weight excluding hydrogens is 284 g/mol. The maximum absolute atomic E-state index is 12.3. The van der Waals surface area contributed by atoms with Gasteiger partial charge in [0, 0.05) is 12.6 Å². The zero-order valence-electron chi connectivity index (χ0n) is 12.4. The molecule has 0 spiro atoms. The van der Waals surface area contributed by atoms with Crippen molar-refractivity contribution < 1.29 is 4.79 Å². The van der Waals surface area contributed by atoms with Crippen LogP contribution < -0.4 is 5.32 Å². The van der Waals surface area contributed by atoms with Crippen LogP contribution in [0, 0.1) is 5.92 Å². The average Bonchev–Trinajstić information content (AvgIpc) is 2.53. The van der Waals surface area contributed by atoms with Crippen LogP contribution in [0.15, 0.2) is 24.3 Å². The molecule has 21 heavy (non-hydrogen) atoms. The number of amides is 1. The average molecular weight is 307 g/mol. The Morgan fingerprint density at radius 2 is 2.00 bits per heavy atom. The number of carbonyl (C=O) groups excluding carboxylic acids is 1. The molecule has 0 unspecified atom stereocenters. The number of rotatable bonds is 3. The highest BCUT2D eigenvalue weighted by atomic mass is 35.5. The molecular formula is C17H23ClN2O. The third-order valence-corrected chi connectivity index (χ3v) is 5.20. The second kappa shape index (κ2) is 6.80. The van der Waals surface area contributed by atoms with Crippen LogP contribution in [0.2, 0.25) is 5.02 Å². The molecule has 0 radical (unpaired) electrons. The molecule has 1 N–H and O–H groups in total. The van der Waals surface area contributed by atoms with Gasteiger partial charge in [0.15, 0.2) is 0 Å². The number of piperidine rings is 2. The number of carbonyl (C=O) groups is 1. The zero-order valence-corrected chi connectivity index (χ0v) is 13.1. The fourth-order valence-corrected chi connectivity index (χ4v) is 4.00. The predicted molar refractivity (Wildman–Crippen MR) is 85.7 cm³/mol. The monoisotopic (exact) mass is 306 g/mol. The standard InChI is InChI=1S/C17H23ClN2O/c18-15-8-2-1-7-14(15)17(21)19-12-13-6-5-11-20-10-4-3-9-16(13)20/h1-2,7-8,13,16H,3-6,9-12H2,(H,19,21)/t13-,16-/m0/s1. The van der Waals surface area contributed by atoms with Crippen molar-refractivity contribution in [2.75, 3.05) is 19.6 Å². The third kappa shape index (κ3) is 3.41. The van der Waals surface area contributed by atoms with E-state index >= 15 is 0 Å². The first-order chi connectivity index (χ1) is 10.3. The molecule has 0 aliphatic carbocycles. The van der Waals surface area contributed by atoms with E-state index in [9.17, 15) is 4.79 Å². The van der Waals surface area contributed by atoms with Crippen molar-refractivity contribution in [1.82, 2.24) is 10.2 Å². The minimum atomic E-state index is -0.0477. The number of halogens is 1. The molecule has 2 heterocycles. The molecule has 114 valence electrons. The molecule has 3 rings (SSSR count). The lowest BCUT2D eigenvalue weighted by Gasteiger charge is -2.44. The summed E-state index contributed by atoms with van der Waals surface area (Å²) in [7, 11) is 0. The number of fused-ring (bicyclic) bond motifs is 1. The fraction of sp³-hybridized carbons (Fsp3) is 0.588. The molecule has 2 atom stereocenters. The normalized spacial score (nSPS) is 26.1. The summed E-state index contributed by atoms with van der Waals surface area (Å²) in [5.41, 5.74) is 0.579. The van der Waals surface area contributed by atoms with E-state index in [0.29, 0.717) is 22.5 Å². The van der Waals surface area contributed by atoms with E-state index in [-0.39, 0.29) is 5.91 Å². The predicted octanol–water partition coefficient (Wildman–Crippen LogP) is 3.33. The van der Waals surface area contributed by atoms with Crippen molar-refractivity contribution >= 4 is 17.5 Å². The molecule has 2 fully saturated rings. The van der Waals surface area contributed by atoms with Gasteiger partial charge >= 0.3 is 0 Å². The Labute approximate surface area is 131 Å². The van der Waals surface area contributed by atoms with Gasteiger partial charge in [-0.3, -0.25) is 4.79 Å². The van der Waals surface area contributed by atoms with Gasteiger partial charge in [-0.25, -0.2) is 0 Å². The van der Waals surface area contributed by atoms with Crippen molar-refractivity contribution in [3.8, 4) is 0 Å². The molecule has 1 aromatic carbocycles. The molecule has 1 aromatic rings. The number of benzene rings is 1. The van der Waals surface area contributed by atoms with Crippen LogP contribution in [0.3, 0.4) is 0 Å². The molecule has 4 heteroatoms. The highest BCUT2D eigenvalue weighted by molar-refractivity contribution is 6.33. The Kier molecular flexibility index (Phi) is 4.81. The van der Waals surface area contributed by atoms with Crippen LogP contribution in [-0.2, 0) is 0 Å². The molecule has 0 saturated carbocycles. The first-order valence-corrected chi connectivity index (χ1v) is 8.40. The smallest absolute Gasteiger partial charge is 0.252 e. The highest BCUT2D eigenvalue weighted by Gasteiger charge is 2.32. The van der Waals surface area contributed by atoms with E-state index in [1.54, 1.807) is 12.1 Å². The topological polar surface area (TPSA) is 32.3 Å². The Hall–Kier alpha value is -1.06. The molecule has 0 aromatic heterocycles. The van der Waals surface area contributed by atoms with Crippen molar-refractivity contribution in [2.45, 2.75) is 38.1 Å². The van der Waals surface area contributed by atoms with Gasteiger partial charge < -0.3 is 10.2 Å². The minimum absolute atomic E-state index is 0.0477. The van der Waals surface area contributed by atoms with Gasteiger partial charge in [0.1, 0.15) is 0 Å². The summed E-state index contributed by atoms with van der Waals surface area (Å²) in [5, 5.41) is 3.62. The molecule has 2 aliphatic rings. The highest BCUT2D eigenvalue weighted by Crippen LogP contribution is 2.30. The summed E-state index contributed by atoms with van der Waals surface area (Å²) >= 11 is 6.08. The Morgan fingerprint density at radius 1 is 1.19 bits per heavy atom. The molecule has 2 aliphatic heterocycles. The summed E-state index contributed by atoms with van der Waals surface area (Å²) in [4.78, 5) is 14.9. The SMILES string of the molecule is O=C(NC[C@@H]1CCCN2CCCC[C@@H]12)c1ccccc1Cl. The van der Waals surface area contributed by atoms with Gasteiger partial charge in [0.25, 0.3) is 5.91 Å². The first-order valence-electron chi connectivity index (χ1n) is 8.02. The summed E-state index contributed by atoms with van der Waals surface area (Å²) in [6, 6.07) is 7.91. The second-order valence-corrected chi connectivity index (χ2v) is 6.60. The van der Waals surface area contributed by atoms with Gasteiger partial charge in [0.05, 0.1) is 10.6 Å². The molecule has 0 bridgehead atoms. The summed E-state index contributed by atoms with van der Waals surface area (Å²) in [6.07, 6.45) is 6.42. The summed E-state index contributed by atoms with van der Waals surface area (Å²) in [5.74, 6) is 0.541. The van der Waals surface area contributed by atoms with Crippen LogP contribution in [0.1, 0.15) is 42.5 Å².